The monoisotopic (exact) mass is 319 g/mol. The van der Waals surface area contributed by atoms with Gasteiger partial charge in [-0.1, -0.05) is 0 Å². The number of likely N-dealkylation sites (N-methyl/N-ethyl adjacent to an activating group) is 2. The number of aromatic hydroxyl groups is 1. The molecule has 1 amide bonds. The zero-order valence-electron chi connectivity index (χ0n) is 13.7. The van der Waals surface area contributed by atoms with Crippen LogP contribution in [0.4, 0.5) is 0 Å². The lowest BCUT2D eigenvalue weighted by atomic mass is 10.1. The Morgan fingerprint density at radius 3 is 2.74 bits per heavy atom. The van der Waals surface area contributed by atoms with Crippen molar-refractivity contribution in [1.82, 2.24) is 5.32 Å². The van der Waals surface area contributed by atoms with Crippen LogP contribution in [0.5, 0.6) is 5.75 Å². The second-order valence-corrected chi connectivity index (χ2v) is 5.59. The second kappa shape index (κ2) is 7.28. The smallest absolute Gasteiger partial charge is 0.336 e. The molecule has 2 rings (SSSR count). The highest BCUT2D eigenvalue weighted by molar-refractivity contribution is 5.84. The molecule has 3 N–H and O–H groups in total. The number of aryl methyl sites for hydroxylation is 1. The number of quaternary nitrogens is 1. The normalized spacial score (nSPS) is 12.3. The first-order valence-electron chi connectivity index (χ1n) is 7.81. The Balaban J connectivity index is 2.37. The molecule has 1 aromatic carbocycles. The Hall–Kier alpha value is -2.34. The summed E-state index contributed by atoms with van der Waals surface area (Å²) in [6, 6.07) is 4.80. The predicted molar refractivity (Wildman–Crippen MR) is 87.6 cm³/mol. The standard InChI is InChI=1S/C17H22N2O4/c1-4-18-15(21)10-19(5-2)9-12-8-16(22)23-17-11(3)14(20)7-6-13(12)17/h6-8,20H,4-5,9-10H2,1-3H3,(H,18,21)/p+1. The van der Waals surface area contributed by atoms with Gasteiger partial charge in [0.15, 0.2) is 6.54 Å². The van der Waals surface area contributed by atoms with Crippen molar-refractivity contribution >= 4 is 16.9 Å². The summed E-state index contributed by atoms with van der Waals surface area (Å²) in [5.74, 6) is 0.0882. The Bertz CT molecular complexity index is 767. The van der Waals surface area contributed by atoms with Gasteiger partial charge in [0.2, 0.25) is 0 Å². The van der Waals surface area contributed by atoms with E-state index < -0.39 is 5.63 Å². The number of amides is 1. The molecule has 0 aliphatic rings. The minimum Gasteiger partial charge on any atom is -0.508 e. The van der Waals surface area contributed by atoms with Crippen molar-refractivity contribution in [2.45, 2.75) is 27.3 Å². The first-order chi connectivity index (χ1) is 11.0. The van der Waals surface area contributed by atoms with Crippen LogP contribution in [-0.4, -0.2) is 30.6 Å². The van der Waals surface area contributed by atoms with Gasteiger partial charge in [0.25, 0.3) is 5.91 Å². The number of carbonyl (C=O) groups is 1. The average molecular weight is 319 g/mol. The Labute approximate surface area is 134 Å². The fourth-order valence-corrected chi connectivity index (χ4v) is 2.63. The summed E-state index contributed by atoms with van der Waals surface area (Å²) in [4.78, 5) is 24.7. The molecule has 2 aromatic rings. The number of fused-ring (bicyclic) bond motifs is 1. The van der Waals surface area contributed by atoms with Gasteiger partial charge in [-0.05, 0) is 32.9 Å². The lowest BCUT2D eigenvalue weighted by Crippen LogP contribution is -3.11. The zero-order chi connectivity index (χ0) is 17.0. The number of hydrogen-bond donors (Lipinski definition) is 3. The van der Waals surface area contributed by atoms with Gasteiger partial charge in [0.05, 0.1) is 6.54 Å². The van der Waals surface area contributed by atoms with Crippen molar-refractivity contribution in [1.29, 1.82) is 0 Å². The summed E-state index contributed by atoms with van der Waals surface area (Å²) in [5, 5.41) is 13.4. The molecule has 1 heterocycles. The van der Waals surface area contributed by atoms with Gasteiger partial charge in [-0.25, -0.2) is 4.79 Å². The topological polar surface area (TPSA) is 84.0 Å². The maximum absolute atomic E-state index is 11.8. The molecule has 124 valence electrons. The molecular weight excluding hydrogens is 296 g/mol. The molecule has 1 aromatic heterocycles. The molecule has 1 atom stereocenters. The molecule has 6 heteroatoms. The Morgan fingerprint density at radius 1 is 1.35 bits per heavy atom. The number of hydrogen-bond acceptors (Lipinski definition) is 4. The molecule has 0 aliphatic carbocycles. The SMILES string of the molecule is CCNC(=O)C[NH+](CC)Cc1cc(=O)oc2c(C)c(O)ccc12. The lowest BCUT2D eigenvalue weighted by molar-refractivity contribution is -0.904. The van der Waals surface area contributed by atoms with Crippen LogP contribution >= 0.6 is 0 Å². The number of carbonyl (C=O) groups excluding carboxylic acids is 1. The fraction of sp³-hybridized carbons (Fsp3) is 0.412. The van der Waals surface area contributed by atoms with Crippen LogP contribution in [0, 0.1) is 6.92 Å². The molecule has 23 heavy (non-hydrogen) atoms. The van der Waals surface area contributed by atoms with Crippen molar-refractivity contribution in [3.05, 3.63) is 39.7 Å². The van der Waals surface area contributed by atoms with Crippen molar-refractivity contribution in [3.8, 4) is 5.75 Å². The van der Waals surface area contributed by atoms with Crippen LogP contribution in [0.25, 0.3) is 11.0 Å². The quantitative estimate of drug-likeness (QED) is 0.671. The van der Waals surface area contributed by atoms with E-state index in [1.807, 2.05) is 13.8 Å². The molecule has 0 bridgehead atoms. The summed E-state index contributed by atoms with van der Waals surface area (Å²) >= 11 is 0. The first kappa shape index (κ1) is 17.0. The summed E-state index contributed by atoms with van der Waals surface area (Å²) in [6.07, 6.45) is 0. The largest absolute Gasteiger partial charge is 0.508 e. The van der Waals surface area contributed by atoms with Crippen LogP contribution in [0.2, 0.25) is 0 Å². The molecule has 0 saturated carbocycles. The van der Waals surface area contributed by atoms with E-state index in [4.69, 9.17) is 4.42 Å². The Kier molecular flexibility index (Phi) is 5.39. The number of nitrogens with one attached hydrogen (secondary N) is 2. The maximum atomic E-state index is 11.8. The fourth-order valence-electron chi connectivity index (χ4n) is 2.63. The number of benzene rings is 1. The number of phenols is 1. The van der Waals surface area contributed by atoms with Crippen LogP contribution < -0.4 is 15.8 Å². The van der Waals surface area contributed by atoms with E-state index in [-0.39, 0.29) is 11.7 Å². The van der Waals surface area contributed by atoms with Gasteiger partial charge in [-0.15, -0.1) is 0 Å². The molecule has 0 fully saturated rings. The van der Waals surface area contributed by atoms with Crippen LogP contribution in [0.3, 0.4) is 0 Å². The highest BCUT2D eigenvalue weighted by atomic mass is 16.4. The molecule has 0 aliphatic heterocycles. The summed E-state index contributed by atoms with van der Waals surface area (Å²) in [6.45, 7) is 7.85. The summed E-state index contributed by atoms with van der Waals surface area (Å²) in [7, 11) is 0. The van der Waals surface area contributed by atoms with E-state index in [0.717, 1.165) is 22.4 Å². The van der Waals surface area contributed by atoms with Gasteiger partial charge >= 0.3 is 5.63 Å². The van der Waals surface area contributed by atoms with E-state index in [1.165, 1.54) is 6.07 Å². The van der Waals surface area contributed by atoms with Gasteiger partial charge in [-0.2, -0.15) is 0 Å². The maximum Gasteiger partial charge on any atom is 0.336 e. The van der Waals surface area contributed by atoms with Crippen molar-refractivity contribution in [3.63, 3.8) is 0 Å². The zero-order valence-corrected chi connectivity index (χ0v) is 13.7. The Morgan fingerprint density at radius 2 is 2.09 bits per heavy atom. The first-order valence-corrected chi connectivity index (χ1v) is 7.81. The summed E-state index contributed by atoms with van der Waals surface area (Å²) in [5.41, 5.74) is 1.32. The van der Waals surface area contributed by atoms with Gasteiger partial charge < -0.3 is 19.7 Å². The van der Waals surface area contributed by atoms with Crippen LogP contribution in [0.15, 0.2) is 27.4 Å². The molecular formula is C17H23N2O4+. The molecule has 0 radical (unpaired) electrons. The number of phenolic OH excluding ortho intramolecular Hbond substituents is 1. The van der Waals surface area contributed by atoms with Crippen molar-refractivity contribution in [2.75, 3.05) is 19.6 Å². The number of rotatable bonds is 6. The van der Waals surface area contributed by atoms with Crippen molar-refractivity contribution in [2.24, 2.45) is 0 Å². The third-order valence-corrected chi connectivity index (χ3v) is 3.94. The molecule has 0 saturated heterocycles. The third-order valence-electron chi connectivity index (χ3n) is 3.94. The molecule has 6 nitrogen and oxygen atoms in total. The van der Waals surface area contributed by atoms with Crippen LogP contribution in [0.1, 0.15) is 25.0 Å². The van der Waals surface area contributed by atoms with E-state index in [0.29, 0.717) is 30.8 Å². The average Bonchev–Trinajstić information content (AvgIpc) is 2.50. The highest BCUT2D eigenvalue weighted by Gasteiger charge is 2.17. The minimum absolute atomic E-state index is 0.00885. The van der Waals surface area contributed by atoms with E-state index in [1.54, 1.807) is 19.1 Å². The molecule has 1 unspecified atom stereocenters. The second-order valence-electron chi connectivity index (χ2n) is 5.59. The minimum atomic E-state index is -0.449. The predicted octanol–water partition coefficient (Wildman–Crippen LogP) is 0.348. The van der Waals surface area contributed by atoms with Crippen molar-refractivity contribution < 1.29 is 19.2 Å². The van der Waals surface area contributed by atoms with Crippen LogP contribution in [-0.2, 0) is 11.3 Å². The van der Waals surface area contributed by atoms with E-state index in [9.17, 15) is 14.7 Å². The molecule has 0 spiro atoms. The van der Waals surface area contributed by atoms with Gasteiger partial charge in [0, 0.05) is 29.1 Å². The summed E-state index contributed by atoms with van der Waals surface area (Å²) < 4.78 is 5.24. The lowest BCUT2D eigenvalue weighted by Gasteiger charge is -2.18. The van der Waals surface area contributed by atoms with E-state index in [2.05, 4.69) is 5.32 Å². The highest BCUT2D eigenvalue weighted by Crippen LogP contribution is 2.26. The van der Waals surface area contributed by atoms with Gasteiger partial charge in [-0.3, -0.25) is 4.79 Å². The van der Waals surface area contributed by atoms with E-state index >= 15 is 0 Å². The third kappa shape index (κ3) is 3.90. The van der Waals surface area contributed by atoms with Gasteiger partial charge in [0.1, 0.15) is 17.9 Å².